The summed E-state index contributed by atoms with van der Waals surface area (Å²) in [4.78, 5) is 31.6. The molecule has 2 aromatic carbocycles. The Bertz CT molecular complexity index is 1110. The zero-order chi connectivity index (χ0) is 21.1. The first kappa shape index (κ1) is 19.4. The van der Waals surface area contributed by atoms with Gasteiger partial charge in [-0.1, -0.05) is 24.3 Å². The predicted molar refractivity (Wildman–Crippen MR) is 112 cm³/mol. The van der Waals surface area contributed by atoms with Crippen molar-refractivity contribution in [2.75, 3.05) is 18.6 Å². The van der Waals surface area contributed by atoms with E-state index in [1.165, 1.54) is 4.90 Å². The summed E-state index contributed by atoms with van der Waals surface area (Å²) in [5.41, 5.74) is 2.64. The Balaban J connectivity index is 1.60. The molecule has 0 aliphatic carbocycles. The summed E-state index contributed by atoms with van der Waals surface area (Å²) >= 11 is 0. The molecule has 0 spiro atoms. The van der Waals surface area contributed by atoms with Crippen molar-refractivity contribution in [1.29, 1.82) is 0 Å². The molecule has 3 aromatic rings. The number of nitrogens with zero attached hydrogens (tertiary/aromatic N) is 2. The number of hydrogen-bond donors (Lipinski definition) is 1. The highest BCUT2D eigenvalue weighted by Gasteiger charge is 2.30. The summed E-state index contributed by atoms with van der Waals surface area (Å²) in [6.07, 6.45) is 1.57. The fourth-order valence-corrected chi connectivity index (χ4v) is 3.32. The first-order chi connectivity index (χ1) is 14.6. The second kappa shape index (κ2) is 8.24. The van der Waals surface area contributed by atoms with Gasteiger partial charge in [0.1, 0.15) is 17.9 Å². The number of methoxy groups -OCH3 is 1. The molecule has 7 nitrogen and oxygen atoms in total. The zero-order valence-electron chi connectivity index (χ0n) is 16.7. The van der Waals surface area contributed by atoms with Crippen LogP contribution in [0, 0.1) is 6.92 Å². The molecule has 30 heavy (non-hydrogen) atoms. The molecule has 0 radical (unpaired) electrons. The second-order valence-electron chi connectivity index (χ2n) is 6.91. The molecule has 0 saturated heterocycles. The van der Waals surface area contributed by atoms with Crippen molar-refractivity contribution in [2.45, 2.75) is 13.5 Å². The normalized spacial score (nSPS) is 12.3. The number of aromatic nitrogens is 1. The number of amides is 2. The van der Waals surface area contributed by atoms with E-state index >= 15 is 0 Å². The van der Waals surface area contributed by atoms with Crippen LogP contribution in [0.15, 0.2) is 60.8 Å². The number of nitrogens with one attached hydrogen (secondary N) is 1. The molecule has 2 heterocycles. The third-order valence-corrected chi connectivity index (χ3v) is 4.83. The topological polar surface area (TPSA) is 80.8 Å². The number of fused-ring (bicyclic) bond motifs is 2. The Labute approximate surface area is 174 Å². The van der Waals surface area contributed by atoms with Gasteiger partial charge in [-0.25, -0.2) is 4.98 Å². The van der Waals surface area contributed by atoms with Crippen LogP contribution < -0.4 is 19.7 Å². The number of pyridine rings is 1. The molecule has 0 unspecified atom stereocenters. The van der Waals surface area contributed by atoms with E-state index in [-0.39, 0.29) is 24.2 Å². The molecular formula is C23H21N3O4. The van der Waals surface area contributed by atoms with Crippen LogP contribution in [0.1, 0.15) is 21.5 Å². The average Bonchev–Trinajstić information content (AvgIpc) is 2.87. The van der Waals surface area contributed by atoms with E-state index in [0.29, 0.717) is 29.3 Å². The van der Waals surface area contributed by atoms with Crippen molar-refractivity contribution in [3.8, 4) is 17.4 Å². The maximum atomic E-state index is 13.2. The summed E-state index contributed by atoms with van der Waals surface area (Å²) in [6, 6.07) is 16.3. The molecule has 0 bridgehead atoms. The maximum absolute atomic E-state index is 13.2. The largest absolute Gasteiger partial charge is 0.496 e. The molecule has 1 N–H and O–H groups in total. The first-order valence-corrected chi connectivity index (χ1v) is 9.51. The van der Waals surface area contributed by atoms with Crippen LogP contribution in [0.5, 0.6) is 17.4 Å². The molecule has 2 amide bonds. The van der Waals surface area contributed by atoms with E-state index in [1.54, 1.807) is 31.5 Å². The third kappa shape index (κ3) is 3.82. The van der Waals surface area contributed by atoms with Crippen molar-refractivity contribution in [3.63, 3.8) is 0 Å². The van der Waals surface area contributed by atoms with Gasteiger partial charge in [0.05, 0.1) is 12.8 Å². The van der Waals surface area contributed by atoms with Gasteiger partial charge < -0.3 is 14.8 Å². The van der Waals surface area contributed by atoms with Crippen LogP contribution >= 0.6 is 0 Å². The Morgan fingerprint density at radius 3 is 2.83 bits per heavy atom. The molecule has 1 aromatic heterocycles. The summed E-state index contributed by atoms with van der Waals surface area (Å²) in [6.45, 7) is 2.06. The Kier molecular flexibility index (Phi) is 5.34. The van der Waals surface area contributed by atoms with E-state index in [0.717, 1.165) is 11.1 Å². The van der Waals surface area contributed by atoms with Crippen molar-refractivity contribution < 1.29 is 19.1 Å². The SMILES string of the molecule is COc1ccccc1CNC(=O)CN1C(=O)c2cccnc2Oc2ccc(C)cc21. The van der Waals surface area contributed by atoms with E-state index in [1.807, 2.05) is 43.3 Å². The molecule has 0 fully saturated rings. The number of aryl methyl sites for hydroxylation is 1. The molecule has 1 aliphatic rings. The van der Waals surface area contributed by atoms with Crippen molar-refractivity contribution in [2.24, 2.45) is 0 Å². The number of carbonyl (C=O) groups excluding carboxylic acids is 2. The minimum Gasteiger partial charge on any atom is -0.496 e. The third-order valence-electron chi connectivity index (χ3n) is 4.83. The van der Waals surface area contributed by atoms with Gasteiger partial charge in [0.2, 0.25) is 11.8 Å². The molecule has 7 heteroatoms. The lowest BCUT2D eigenvalue weighted by atomic mass is 10.1. The zero-order valence-corrected chi connectivity index (χ0v) is 16.7. The highest BCUT2D eigenvalue weighted by Crippen LogP contribution is 2.38. The molecule has 0 atom stereocenters. The average molecular weight is 403 g/mol. The van der Waals surface area contributed by atoms with Gasteiger partial charge in [-0.15, -0.1) is 0 Å². The lowest BCUT2D eigenvalue weighted by molar-refractivity contribution is -0.119. The highest BCUT2D eigenvalue weighted by atomic mass is 16.5. The fraction of sp³-hybridized carbons (Fsp3) is 0.174. The Hall–Kier alpha value is -3.87. The summed E-state index contributed by atoms with van der Waals surface area (Å²) in [5, 5.41) is 2.86. The summed E-state index contributed by atoms with van der Waals surface area (Å²) in [7, 11) is 1.58. The molecule has 152 valence electrons. The summed E-state index contributed by atoms with van der Waals surface area (Å²) < 4.78 is 11.2. The minimum absolute atomic E-state index is 0.151. The Morgan fingerprint density at radius 2 is 2.00 bits per heavy atom. The van der Waals surface area contributed by atoms with Crippen LogP contribution in [0.2, 0.25) is 0 Å². The van der Waals surface area contributed by atoms with Gasteiger partial charge in [-0.05, 0) is 42.8 Å². The van der Waals surface area contributed by atoms with Gasteiger partial charge in [0, 0.05) is 18.3 Å². The van der Waals surface area contributed by atoms with Gasteiger partial charge in [-0.3, -0.25) is 14.5 Å². The van der Waals surface area contributed by atoms with E-state index in [2.05, 4.69) is 10.3 Å². The number of benzene rings is 2. The quantitative estimate of drug-likeness (QED) is 0.706. The van der Waals surface area contributed by atoms with Gasteiger partial charge >= 0.3 is 0 Å². The number of rotatable bonds is 5. The van der Waals surface area contributed by atoms with Gasteiger partial charge in [-0.2, -0.15) is 0 Å². The number of para-hydroxylation sites is 1. The predicted octanol–water partition coefficient (Wildman–Crippen LogP) is 3.47. The van der Waals surface area contributed by atoms with Crippen LogP contribution in [-0.2, 0) is 11.3 Å². The standard InChI is InChI=1S/C23H21N3O4/c1-15-9-10-20-18(12-15)26(23(28)17-7-5-11-24-22(17)30-20)14-21(27)25-13-16-6-3-4-8-19(16)29-2/h3-12H,13-14H2,1-2H3,(H,25,27). The first-order valence-electron chi connectivity index (χ1n) is 9.51. The molecule has 4 rings (SSSR count). The number of carbonyl (C=O) groups is 2. The minimum atomic E-state index is -0.338. The van der Waals surface area contributed by atoms with Gasteiger partial charge in [0.15, 0.2) is 5.75 Å². The fourth-order valence-electron chi connectivity index (χ4n) is 3.32. The lowest BCUT2D eigenvalue weighted by Crippen LogP contribution is -2.40. The van der Waals surface area contributed by atoms with Crippen LogP contribution in [-0.4, -0.2) is 30.5 Å². The molecular weight excluding hydrogens is 382 g/mol. The molecule has 0 saturated carbocycles. The van der Waals surface area contributed by atoms with Crippen molar-refractivity contribution in [3.05, 3.63) is 77.5 Å². The van der Waals surface area contributed by atoms with E-state index < -0.39 is 0 Å². The number of anilines is 1. The maximum Gasteiger partial charge on any atom is 0.264 e. The summed E-state index contributed by atoms with van der Waals surface area (Å²) in [5.74, 6) is 0.760. The van der Waals surface area contributed by atoms with Crippen LogP contribution in [0.4, 0.5) is 5.69 Å². The number of hydrogen-bond acceptors (Lipinski definition) is 5. The van der Waals surface area contributed by atoms with Crippen molar-refractivity contribution >= 4 is 17.5 Å². The van der Waals surface area contributed by atoms with Crippen LogP contribution in [0.25, 0.3) is 0 Å². The second-order valence-corrected chi connectivity index (χ2v) is 6.91. The molecule has 1 aliphatic heterocycles. The Morgan fingerprint density at radius 1 is 1.17 bits per heavy atom. The highest BCUT2D eigenvalue weighted by molar-refractivity contribution is 6.11. The lowest BCUT2D eigenvalue weighted by Gasteiger charge is -2.22. The monoisotopic (exact) mass is 403 g/mol. The van der Waals surface area contributed by atoms with Crippen LogP contribution in [0.3, 0.4) is 0 Å². The smallest absolute Gasteiger partial charge is 0.264 e. The van der Waals surface area contributed by atoms with Crippen molar-refractivity contribution in [1.82, 2.24) is 10.3 Å². The van der Waals surface area contributed by atoms with E-state index in [9.17, 15) is 9.59 Å². The van der Waals surface area contributed by atoms with Gasteiger partial charge in [0.25, 0.3) is 5.91 Å². The van der Waals surface area contributed by atoms with E-state index in [4.69, 9.17) is 9.47 Å². The number of ether oxygens (including phenoxy) is 2.